The zero-order valence-electron chi connectivity index (χ0n) is 40.8. The van der Waals surface area contributed by atoms with Gasteiger partial charge in [0.2, 0.25) is 5.95 Å². The van der Waals surface area contributed by atoms with Crippen LogP contribution in [0.2, 0.25) is 0 Å². The van der Waals surface area contributed by atoms with Crippen LogP contribution in [0.15, 0.2) is 243 Å². The molecule has 0 unspecified atom stereocenters. The van der Waals surface area contributed by atoms with Crippen LogP contribution < -0.4 is 4.90 Å². The van der Waals surface area contributed by atoms with E-state index in [0.29, 0.717) is 5.95 Å². The minimum absolute atomic E-state index is 0.165. The minimum Gasteiger partial charge on any atom is -0.309 e. The molecule has 0 amide bonds. The number of anilines is 3. The summed E-state index contributed by atoms with van der Waals surface area (Å²) in [6.07, 6.45) is 0. The third kappa shape index (κ3) is 6.40. The van der Waals surface area contributed by atoms with Crippen molar-refractivity contribution in [2.75, 3.05) is 4.90 Å². The standard InChI is InChI=1S/C69H46N4S/c1-69(2)56-31-17-16-27-51(56)52-39-38-49(41-57(52)69)72(48-36-33-44(34-37-48)43-19-6-3-7-20-43)61-32-18-30-55-62-53-28-14-15-29-54(53)65-64(67(62)74-66(55)61)63-50-26-13-12-21-45(50)35-40-60(63)73(65)68-70-58(46-22-8-4-9-23-46)42-59(71-68)47-24-10-5-11-25-47/h3-42H,1-2H3. The van der Waals surface area contributed by atoms with E-state index in [1.807, 2.05) is 11.3 Å². The van der Waals surface area contributed by atoms with E-state index >= 15 is 0 Å². The van der Waals surface area contributed by atoms with Gasteiger partial charge in [-0.05, 0) is 92.0 Å². The van der Waals surface area contributed by atoms with Crippen LogP contribution in [0, 0.1) is 0 Å². The molecule has 74 heavy (non-hydrogen) atoms. The Morgan fingerprint density at radius 1 is 0.405 bits per heavy atom. The molecule has 0 bridgehead atoms. The number of thiophene rings is 1. The molecule has 0 spiro atoms. The number of hydrogen-bond donors (Lipinski definition) is 0. The quantitative estimate of drug-likeness (QED) is 0.160. The van der Waals surface area contributed by atoms with Crippen molar-refractivity contribution in [3.8, 4) is 50.7 Å². The largest absolute Gasteiger partial charge is 0.309 e. The maximum absolute atomic E-state index is 5.51. The highest BCUT2D eigenvalue weighted by molar-refractivity contribution is 7.27. The minimum atomic E-state index is -0.165. The lowest BCUT2D eigenvalue weighted by atomic mass is 9.82. The first-order valence-corrected chi connectivity index (χ1v) is 26.2. The second kappa shape index (κ2) is 16.4. The molecule has 0 saturated heterocycles. The van der Waals surface area contributed by atoms with Gasteiger partial charge in [0, 0.05) is 59.5 Å². The molecule has 11 aromatic carbocycles. The molecule has 0 atom stereocenters. The van der Waals surface area contributed by atoms with E-state index in [1.54, 1.807) is 0 Å². The van der Waals surface area contributed by atoms with Crippen LogP contribution in [0.1, 0.15) is 25.0 Å². The third-order valence-electron chi connectivity index (χ3n) is 15.6. The van der Waals surface area contributed by atoms with Gasteiger partial charge in [0.05, 0.1) is 32.8 Å². The first kappa shape index (κ1) is 42.5. The maximum atomic E-state index is 5.51. The SMILES string of the molecule is CC1(C)c2ccccc2-c2ccc(N(c3ccc(-c4ccccc4)cc3)c3cccc4c3sc3c4c4ccccc4c4c3c3c5ccccc5ccc3n4-c3nc(-c4ccccc4)cc(-c4ccccc4)n3)cc21. The van der Waals surface area contributed by atoms with Crippen molar-refractivity contribution in [3.63, 3.8) is 0 Å². The summed E-state index contributed by atoms with van der Waals surface area (Å²) in [5, 5.41) is 9.65. The number of hydrogen-bond acceptors (Lipinski definition) is 4. The lowest BCUT2D eigenvalue weighted by Crippen LogP contribution is -2.16. The van der Waals surface area contributed by atoms with Gasteiger partial charge in [-0.15, -0.1) is 11.3 Å². The first-order chi connectivity index (χ1) is 36.5. The van der Waals surface area contributed by atoms with Crippen LogP contribution in [0.25, 0.3) is 114 Å². The molecule has 15 rings (SSSR count). The predicted molar refractivity (Wildman–Crippen MR) is 313 cm³/mol. The topological polar surface area (TPSA) is 34.0 Å². The van der Waals surface area contributed by atoms with E-state index in [-0.39, 0.29) is 5.41 Å². The molecule has 0 fully saturated rings. The van der Waals surface area contributed by atoms with E-state index < -0.39 is 0 Å². The Morgan fingerprint density at radius 2 is 0.986 bits per heavy atom. The Labute approximate surface area is 432 Å². The van der Waals surface area contributed by atoms with Crippen molar-refractivity contribution in [3.05, 3.63) is 254 Å². The average molecular weight is 963 g/mol. The van der Waals surface area contributed by atoms with Gasteiger partial charge in [0.15, 0.2) is 0 Å². The summed E-state index contributed by atoms with van der Waals surface area (Å²) in [5.74, 6) is 0.638. The predicted octanol–water partition coefficient (Wildman–Crippen LogP) is 19.0. The Bertz CT molecular complexity index is 4500. The van der Waals surface area contributed by atoms with Crippen LogP contribution in [0.4, 0.5) is 17.1 Å². The molecule has 0 saturated carbocycles. The summed E-state index contributed by atoms with van der Waals surface area (Å²) >= 11 is 1.90. The van der Waals surface area contributed by atoms with E-state index in [2.05, 4.69) is 266 Å². The molecule has 14 aromatic rings. The van der Waals surface area contributed by atoms with Gasteiger partial charge in [-0.2, -0.15) is 0 Å². The van der Waals surface area contributed by atoms with Crippen LogP contribution in [-0.2, 0) is 5.41 Å². The summed E-state index contributed by atoms with van der Waals surface area (Å²) in [6, 6.07) is 88.2. The summed E-state index contributed by atoms with van der Waals surface area (Å²) < 4.78 is 4.83. The summed E-state index contributed by atoms with van der Waals surface area (Å²) in [6.45, 7) is 4.74. The number of benzene rings is 11. The lowest BCUT2D eigenvalue weighted by molar-refractivity contribution is 0.660. The van der Waals surface area contributed by atoms with Gasteiger partial charge in [-0.1, -0.05) is 214 Å². The molecule has 5 heteroatoms. The summed E-state index contributed by atoms with van der Waals surface area (Å²) in [5.41, 5.74) is 16.9. The molecule has 0 aliphatic heterocycles. The van der Waals surface area contributed by atoms with E-state index in [0.717, 1.165) is 56.0 Å². The zero-order chi connectivity index (χ0) is 49.1. The van der Waals surface area contributed by atoms with Gasteiger partial charge in [-0.3, -0.25) is 4.57 Å². The first-order valence-electron chi connectivity index (χ1n) is 25.4. The molecule has 0 radical (unpaired) electrons. The second-order valence-corrected chi connectivity index (χ2v) is 21.1. The van der Waals surface area contributed by atoms with Crippen LogP contribution >= 0.6 is 11.3 Å². The highest BCUT2D eigenvalue weighted by Crippen LogP contribution is 2.54. The molecule has 3 heterocycles. The van der Waals surface area contributed by atoms with E-state index in [4.69, 9.17) is 9.97 Å². The summed E-state index contributed by atoms with van der Waals surface area (Å²) in [7, 11) is 0. The highest BCUT2D eigenvalue weighted by atomic mass is 32.1. The van der Waals surface area contributed by atoms with Crippen molar-refractivity contribution in [1.29, 1.82) is 0 Å². The van der Waals surface area contributed by atoms with Crippen molar-refractivity contribution in [2.45, 2.75) is 19.3 Å². The number of nitrogens with zero attached hydrogens (tertiary/aromatic N) is 4. The monoisotopic (exact) mass is 962 g/mol. The van der Waals surface area contributed by atoms with Gasteiger partial charge in [-0.25, -0.2) is 9.97 Å². The molecule has 3 aromatic heterocycles. The van der Waals surface area contributed by atoms with Gasteiger partial charge < -0.3 is 4.90 Å². The smallest absolute Gasteiger partial charge is 0.235 e. The van der Waals surface area contributed by atoms with Crippen molar-refractivity contribution in [2.24, 2.45) is 0 Å². The lowest BCUT2D eigenvalue weighted by Gasteiger charge is -2.28. The molecule has 348 valence electrons. The molecule has 4 nitrogen and oxygen atoms in total. The number of rotatable bonds is 7. The molecule has 1 aliphatic carbocycles. The van der Waals surface area contributed by atoms with Gasteiger partial charge in [0.25, 0.3) is 0 Å². The van der Waals surface area contributed by atoms with Crippen molar-refractivity contribution >= 4 is 91.9 Å². The van der Waals surface area contributed by atoms with E-state index in [9.17, 15) is 0 Å². The fourth-order valence-corrected chi connectivity index (χ4v) is 13.5. The zero-order valence-corrected chi connectivity index (χ0v) is 41.6. The van der Waals surface area contributed by atoms with Crippen LogP contribution in [0.3, 0.4) is 0 Å². The Kier molecular flexibility index (Phi) is 9.44. The summed E-state index contributed by atoms with van der Waals surface area (Å²) in [4.78, 5) is 13.5. The highest BCUT2D eigenvalue weighted by Gasteiger charge is 2.36. The molecular formula is C69H46N4S. The van der Waals surface area contributed by atoms with Crippen molar-refractivity contribution in [1.82, 2.24) is 14.5 Å². The number of fused-ring (bicyclic) bond motifs is 15. The van der Waals surface area contributed by atoms with Gasteiger partial charge >= 0.3 is 0 Å². The Hall–Kier alpha value is -9.16. The Balaban J connectivity index is 1.04. The molecular weight excluding hydrogens is 917 g/mol. The third-order valence-corrected chi connectivity index (χ3v) is 16.8. The number of aromatic nitrogens is 3. The van der Waals surface area contributed by atoms with Crippen LogP contribution in [-0.4, -0.2) is 14.5 Å². The molecule has 1 aliphatic rings. The van der Waals surface area contributed by atoms with Crippen molar-refractivity contribution < 1.29 is 0 Å². The molecule has 0 N–H and O–H groups in total. The van der Waals surface area contributed by atoms with Gasteiger partial charge in [0.1, 0.15) is 0 Å². The fourth-order valence-electron chi connectivity index (χ4n) is 12.1. The maximum Gasteiger partial charge on any atom is 0.235 e. The normalized spacial score (nSPS) is 12.8. The van der Waals surface area contributed by atoms with E-state index in [1.165, 1.54) is 80.5 Å². The van der Waals surface area contributed by atoms with Crippen LogP contribution in [0.5, 0.6) is 0 Å². The fraction of sp³-hybridized carbons (Fsp3) is 0.0435. The second-order valence-electron chi connectivity index (χ2n) is 20.1. The average Bonchev–Trinajstić information content (AvgIpc) is 4.19. The Morgan fingerprint density at radius 3 is 1.72 bits per heavy atom.